The van der Waals surface area contributed by atoms with Crippen molar-refractivity contribution in [1.29, 1.82) is 0 Å². The van der Waals surface area contributed by atoms with Gasteiger partial charge in [-0.1, -0.05) is 62.1 Å². The van der Waals surface area contributed by atoms with Gasteiger partial charge in [-0.15, -0.1) is 0 Å². The van der Waals surface area contributed by atoms with E-state index in [0.717, 1.165) is 43.7 Å². The normalized spacial score (nSPS) is 18.4. The van der Waals surface area contributed by atoms with E-state index in [-0.39, 0.29) is 43.2 Å². The maximum absolute atomic E-state index is 15.3. The maximum atomic E-state index is 15.3. The molecule has 0 saturated carbocycles. The third-order valence-corrected chi connectivity index (χ3v) is 9.33. The van der Waals surface area contributed by atoms with E-state index in [2.05, 4.69) is 31.8 Å². The second-order valence-corrected chi connectivity index (χ2v) is 12.8. The van der Waals surface area contributed by atoms with Crippen LogP contribution >= 0.6 is 7.52 Å². The van der Waals surface area contributed by atoms with Crippen molar-refractivity contribution < 1.29 is 31.9 Å². The van der Waals surface area contributed by atoms with Crippen LogP contribution in [0.1, 0.15) is 51.9 Å². The minimum absolute atomic E-state index is 0.0519. The Morgan fingerprint density at radius 3 is 2.64 bits per heavy atom. The lowest BCUT2D eigenvalue weighted by Crippen LogP contribution is -2.34. The molecule has 3 heterocycles. The lowest BCUT2D eigenvalue weighted by atomic mass is 10.1. The third kappa shape index (κ3) is 7.31. The third-order valence-electron chi connectivity index (χ3n) is 7.35. The number of halogens is 3. The number of aromatic nitrogens is 1. The predicted octanol–water partition coefficient (Wildman–Crippen LogP) is 7.66. The molecule has 2 unspecified atom stereocenters. The van der Waals surface area contributed by atoms with E-state index in [1.165, 1.54) is 33.0 Å². The van der Waals surface area contributed by atoms with Crippen LogP contribution in [-0.2, 0) is 9.30 Å². The monoisotopic (exact) mass is 606 g/mol. The van der Waals surface area contributed by atoms with Crippen molar-refractivity contribution >= 4 is 24.7 Å². The first-order valence-corrected chi connectivity index (χ1v) is 15.9. The minimum atomic E-state index is -4.05. The molecule has 4 rings (SSSR count). The quantitative estimate of drug-likeness (QED) is 0.102. The molecule has 0 amide bonds. The van der Waals surface area contributed by atoms with Crippen molar-refractivity contribution in [2.24, 2.45) is 0 Å². The number of rotatable bonds is 14. The van der Waals surface area contributed by atoms with Crippen LogP contribution in [0.5, 0.6) is 0 Å². The fraction of sp³-hybridized carbons (Fsp3) is 0.433. The molecule has 0 radical (unpaired) electrons. The van der Waals surface area contributed by atoms with Crippen LogP contribution in [0.25, 0.3) is 0 Å². The van der Waals surface area contributed by atoms with Gasteiger partial charge in [0.1, 0.15) is 18.1 Å². The highest BCUT2D eigenvalue weighted by molar-refractivity contribution is 7.60. The van der Waals surface area contributed by atoms with Crippen LogP contribution in [0.15, 0.2) is 72.0 Å². The van der Waals surface area contributed by atoms with Gasteiger partial charge in [0, 0.05) is 24.9 Å². The summed E-state index contributed by atoms with van der Waals surface area (Å²) < 4.78 is 71.2. The molecule has 12 heteroatoms. The summed E-state index contributed by atoms with van der Waals surface area (Å²) in [6, 6.07) is 2.35. The lowest BCUT2D eigenvalue weighted by Gasteiger charge is -2.29. The molecule has 1 N–H and O–H groups in total. The molecule has 228 valence electrons. The summed E-state index contributed by atoms with van der Waals surface area (Å²) in [5.41, 5.74) is 0.569. The van der Waals surface area contributed by atoms with E-state index < -0.39 is 36.8 Å². The lowest BCUT2D eigenvalue weighted by molar-refractivity contribution is 0.176. The number of nitrogens with zero attached hydrogens (tertiary/aromatic N) is 4. The average molecular weight is 607 g/mol. The van der Waals surface area contributed by atoms with E-state index in [0.29, 0.717) is 18.4 Å². The fourth-order valence-electron chi connectivity index (χ4n) is 5.11. The number of hydrogen-bond acceptors (Lipinski definition) is 6. The van der Waals surface area contributed by atoms with E-state index in [9.17, 15) is 9.46 Å². The standard InChI is InChI=1S/C30H38F3N4O4P/c1-5-6-7-8-9-10-22(3)20-42(38,39)37(27-13-16-40-34-27)19-24-18-36(23(4)41-24)26-17-25(31)30(29(33)28(26)32)35-14-11-21(2)12-15-35/h11,13-14,16-17,24H,2-10,12,15,18-20H2,1H3,(H,38,39). The van der Waals surface area contributed by atoms with Gasteiger partial charge in [-0.25, -0.2) is 13.2 Å². The summed E-state index contributed by atoms with van der Waals surface area (Å²) in [7, 11) is -4.05. The maximum Gasteiger partial charge on any atom is 0.299 e. The molecule has 2 atom stereocenters. The summed E-state index contributed by atoms with van der Waals surface area (Å²) in [5.74, 6) is -3.48. The van der Waals surface area contributed by atoms with Gasteiger partial charge in [0.15, 0.2) is 29.2 Å². The molecule has 2 aromatic rings. The molecular formula is C30H38F3N4O4P. The summed E-state index contributed by atoms with van der Waals surface area (Å²) in [6.07, 6.45) is 9.79. The highest BCUT2D eigenvalue weighted by Gasteiger charge is 2.38. The summed E-state index contributed by atoms with van der Waals surface area (Å²) in [6.45, 7) is 13.8. The van der Waals surface area contributed by atoms with Gasteiger partial charge in [0.05, 0.1) is 24.9 Å². The van der Waals surface area contributed by atoms with E-state index in [1.807, 2.05) is 0 Å². The van der Waals surface area contributed by atoms with Crippen LogP contribution in [-0.4, -0.2) is 42.0 Å². The van der Waals surface area contributed by atoms with E-state index in [4.69, 9.17) is 9.26 Å². The van der Waals surface area contributed by atoms with Crippen molar-refractivity contribution in [3.8, 4) is 0 Å². The highest BCUT2D eigenvalue weighted by atomic mass is 31.2. The summed E-state index contributed by atoms with van der Waals surface area (Å²) >= 11 is 0. The molecule has 1 aromatic carbocycles. The van der Waals surface area contributed by atoms with Gasteiger partial charge in [-0.05, 0) is 31.9 Å². The molecule has 42 heavy (non-hydrogen) atoms. The Hall–Kier alpha value is -3.43. The number of benzene rings is 1. The largest absolute Gasteiger partial charge is 0.472 e. The SMILES string of the molecule is C=C1C=CN(c2c(F)cc(N3CC(CN(c4ccon4)P(=O)(O)CC(=C)CCCCCCC)OC3=C)c(F)c2F)CC1. The molecule has 0 bridgehead atoms. The molecular weight excluding hydrogens is 568 g/mol. The van der Waals surface area contributed by atoms with Crippen LogP contribution in [0.3, 0.4) is 0 Å². The van der Waals surface area contributed by atoms with Crippen molar-refractivity contribution in [2.45, 2.75) is 58.0 Å². The first-order valence-electron chi connectivity index (χ1n) is 14.1. The summed E-state index contributed by atoms with van der Waals surface area (Å²) in [5, 5.41) is 3.84. The van der Waals surface area contributed by atoms with Gasteiger partial charge < -0.3 is 24.0 Å². The number of unbranched alkanes of at least 4 members (excludes halogenated alkanes) is 4. The van der Waals surface area contributed by atoms with Crippen molar-refractivity contribution in [3.63, 3.8) is 0 Å². The van der Waals surface area contributed by atoms with Crippen molar-refractivity contribution in [2.75, 3.05) is 40.3 Å². The Bertz CT molecular complexity index is 1380. The zero-order valence-corrected chi connectivity index (χ0v) is 24.8. The molecule has 1 aromatic heterocycles. The Morgan fingerprint density at radius 1 is 1.21 bits per heavy atom. The topological polar surface area (TPSA) is 82.3 Å². The molecule has 8 nitrogen and oxygen atoms in total. The van der Waals surface area contributed by atoms with E-state index >= 15 is 13.2 Å². The minimum Gasteiger partial charge on any atom is -0.472 e. The molecule has 2 aliphatic rings. The smallest absolute Gasteiger partial charge is 0.299 e. The van der Waals surface area contributed by atoms with Crippen LogP contribution in [0.4, 0.5) is 30.4 Å². The predicted molar refractivity (Wildman–Crippen MR) is 159 cm³/mol. The Labute approximate surface area is 244 Å². The Balaban J connectivity index is 1.48. The number of ether oxygens (including phenoxy) is 1. The molecule has 1 saturated heterocycles. The number of hydrogen-bond donors (Lipinski definition) is 1. The van der Waals surface area contributed by atoms with Crippen molar-refractivity contribution in [3.05, 3.63) is 84.9 Å². The second-order valence-electron chi connectivity index (χ2n) is 10.7. The Kier molecular flexibility index (Phi) is 10.3. The van der Waals surface area contributed by atoms with Gasteiger partial charge in [0.25, 0.3) is 7.52 Å². The molecule has 0 spiro atoms. The fourth-order valence-corrected chi connectivity index (χ4v) is 6.88. The first kappa shape index (κ1) is 31.5. The zero-order valence-electron chi connectivity index (χ0n) is 23.9. The number of allylic oxidation sites excluding steroid dienone is 2. The van der Waals surface area contributed by atoms with Gasteiger partial charge in [-0.2, -0.15) is 0 Å². The van der Waals surface area contributed by atoms with Crippen molar-refractivity contribution in [1.82, 2.24) is 5.16 Å². The highest BCUT2D eigenvalue weighted by Crippen LogP contribution is 2.50. The zero-order chi connectivity index (χ0) is 30.4. The molecule has 1 fully saturated rings. The summed E-state index contributed by atoms with van der Waals surface area (Å²) in [4.78, 5) is 13.6. The van der Waals surface area contributed by atoms with Crippen LogP contribution < -0.4 is 14.5 Å². The van der Waals surface area contributed by atoms with Crippen LogP contribution in [0.2, 0.25) is 0 Å². The van der Waals surface area contributed by atoms with E-state index in [1.54, 1.807) is 6.08 Å². The Morgan fingerprint density at radius 2 is 1.98 bits per heavy atom. The van der Waals surface area contributed by atoms with Gasteiger partial charge in [-0.3, -0.25) is 9.24 Å². The van der Waals surface area contributed by atoms with Gasteiger partial charge in [0.2, 0.25) is 0 Å². The van der Waals surface area contributed by atoms with Crippen LogP contribution in [0, 0.1) is 17.5 Å². The molecule has 0 aliphatic carbocycles. The average Bonchev–Trinajstić information content (AvgIpc) is 3.60. The van der Waals surface area contributed by atoms with Gasteiger partial charge >= 0.3 is 0 Å². The first-order chi connectivity index (χ1) is 20.0. The second kappa shape index (κ2) is 13.7. The molecule has 2 aliphatic heterocycles. The number of anilines is 3.